The van der Waals surface area contributed by atoms with Gasteiger partial charge in [0.15, 0.2) is 0 Å². The summed E-state index contributed by atoms with van der Waals surface area (Å²) in [6, 6.07) is 0. The Morgan fingerprint density at radius 2 is 0.964 bits per heavy atom. The third-order valence-electron chi connectivity index (χ3n) is 10.1. The van der Waals surface area contributed by atoms with E-state index in [1.165, 1.54) is 154 Å². The number of phosphoric acid groups is 1. The number of allylic oxidation sites excluding steroid dienone is 4. The molecule has 0 bridgehead atoms. The van der Waals surface area contributed by atoms with Gasteiger partial charge in [-0.3, -0.25) is 13.8 Å². The van der Waals surface area contributed by atoms with Gasteiger partial charge in [-0.05, 0) is 44.9 Å². The quantitative estimate of drug-likeness (QED) is 0.0238. The van der Waals surface area contributed by atoms with Gasteiger partial charge in [-0.25, -0.2) is 4.57 Å². The maximum Gasteiger partial charge on any atom is 0.472 e. The lowest BCUT2D eigenvalue weighted by Gasteiger charge is -2.20. The lowest BCUT2D eigenvalue weighted by atomic mass is 10.0. The van der Waals surface area contributed by atoms with Gasteiger partial charge in [0, 0.05) is 13.0 Å². The smallest absolute Gasteiger partial charge is 0.457 e. The third-order valence-corrected chi connectivity index (χ3v) is 11.1. The predicted octanol–water partition coefficient (Wildman–Crippen LogP) is 13.0. The molecule has 0 aromatic carbocycles. The average molecular weight is 817 g/mol. The van der Waals surface area contributed by atoms with Crippen LogP contribution in [-0.4, -0.2) is 66.3 Å². The third kappa shape index (κ3) is 42.5. The second-order valence-corrected chi connectivity index (χ2v) is 17.2. The first kappa shape index (κ1) is 54.9. The van der Waals surface area contributed by atoms with Crippen molar-refractivity contribution in [3.63, 3.8) is 0 Å². The number of unbranched alkanes of at least 4 members (excludes halogenated alkanes) is 27. The van der Waals surface area contributed by atoms with Gasteiger partial charge in [0.25, 0.3) is 0 Å². The van der Waals surface area contributed by atoms with Crippen LogP contribution >= 0.6 is 7.82 Å². The van der Waals surface area contributed by atoms with Gasteiger partial charge in [-0.1, -0.05) is 192 Å². The van der Waals surface area contributed by atoms with E-state index in [4.69, 9.17) is 23.6 Å². The standard InChI is InChI=1S/C46H89O9P/c1-3-5-7-9-11-13-15-17-19-20-21-22-23-25-27-29-31-33-35-37-39-52-42-45(43-54-56(50,51)53-41-44(48)40-47)55-46(49)38-36-34-32-30-28-26-24-18-16-14-12-10-8-6-4-2/h11,13,17,19,44-45,47-48H,3-10,12,14-16,18,20-43H2,1-2H3,(H,50,51)/b13-11-,19-17-. The van der Waals surface area contributed by atoms with E-state index in [9.17, 15) is 19.4 Å². The zero-order valence-electron chi connectivity index (χ0n) is 36.4. The Labute approximate surface area is 344 Å². The molecule has 0 heterocycles. The topological polar surface area (TPSA) is 132 Å². The van der Waals surface area contributed by atoms with Gasteiger partial charge >= 0.3 is 13.8 Å². The van der Waals surface area contributed by atoms with Crippen molar-refractivity contribution in [1.29, 1.82) is 0 Å². The Bertz CT molecular complexity index is 928. The van der Waals surface area contributed by atoms with E-state index in [0.29, 0.717) is 6.61 Å². The molecule has 0 rings (SSSR count). The van der Waals surface area contributed by atoms with Gasteiger partial charge in [0.1, 0.15) is 12.2 Å². The van der Waals surface area contributed by atoms with Crippen molar-refractivity contribution in [2.45, 2.75) is 232 Å². The number of carbonyl (C=O) groups is 1. The van der Waals surface area contributed by atoms with Crippen LogP contribution in [0.25, 0.3) is 0 Å². The first-order chi connectivity index (χ1) is 27.3. The molecule has 0 aliphatic rings. The summed E-state index contributed by atoms with van der Waals surface area (Å²) in [6.07, 6.45) is 45.6. The minimum Gasteiger partial charge on any atom is -0.457 e. The molecule has 0 fully saturated rings. The van der Waals surface area contributed by atoms with Gasteiger partial charge in [0.05, 0.1) is 26.4 Å². The van der Waals surface area contributed by atoms with Crippen LogP contribution in [0.2, 0.25) is 0 Å². The first-order valence-corrected chi connectivity index (χ1v) is 24.8. The van der Waals surface area contributed by atoms with Crippen LogP contribution in [0.15, 0.2) is 24.3 Å². The van der Waals surface area contributed by atoms with Crippen LogP contribution in [0.5, 0.6) is 0 Å². The molecule has 9 nitrogen and oxygen atoms in total. The van der Waals surface area contributed by atoms with E-state index in [0.717, 1.165) is 44.9 Å². The summed E-state index contributed by atoms with van der Waals surface area (Å²) in [4.78, 5) is 22.6. The Morgan fingerprint density at radius 1 is 0.554 bits per heavy atom. The van der Waals surface area contributed by atoms with E-state index in [1.807, 2.05) is 0 Å². The minimum atomic E-state index is -4.52. The van der Waals surface area contributed by atoms with Gasteiger partial charge < -0.3 is 24.6 Å². The van der Waals surface area contributed by atoms with Crippen LogP contribution in [-0.2, 0) is 27.9 Å². The zero-order chi connectivity index (χ0) is 41.1. The van der Waals surface area contributed by atoms with Crippen molar-refractivity contribution < 1.29 is 43.0 Å². The number of hydrogen-bond donors (Lipinski definition) is 3. The van der Waals surface area contributed by atoms with Gasteiger partial charge in [-0.15, -0.1) is 0 Å². The van der Waals surface area contributed by atoms with Crippen molar-refractivity contribution in [3.8, 4) is 0 Å². The summed E-state index contributed by atoms with van der Waals surface area (Å²) in [7, 11) is -4.52. The molecule has 56 heavy (non-hydrogen) atoms. The molecule has 0 aliphatic heterocycles. The number of phosphoric ester groups is 1. The fourth-order valence-corrected chi connectivity index (χ4v) is 7.35. The van der Waals surface area contributed by atoms with E-state index >= 15 is 0 Å². The number of aliphatic hydroxyl groups is 2. The fraction of sp³-hybridized carbons (Fsp3) is 0.891. The Morgan fingerprint density at radius 3 is 1.46 bits per heavy atom. The average Bonchev–Trinajstić information content (AvgIpc) is 3.19. The summed E-state index contributed by atoms with van der Waals surface area (Å²) in [6.45, 7) is 3.53. The molecule has 10 heteroatoms. The second-order valence-electron chi connectivity index (χ2n) is 15.8. The van der Waals surface area contributed by atoms with E-state index < -0.39 is 33.2 Å². The maximum absolute atomic E-state index is 12.6. The monoisotopic (exact) mass is 817 g/mol. The Balaban J connectivity index is 4.09. The number of hydrogen-bond acceptors (Lipinski definition) is 8. The number of aliphatic hydroxyl groups excluding tert-OH is 2. The Kier molecular flexibility index (Phi) is 42.7. The highest BCUT2D eigenvalue weighted by atomic mass is 31.2. The molecular weight excluding hydrogens is 727 g/mol. The lowest BCUT2D eigenvalue weighted by Crippen LogP contribution is -2.29. The Hall–Kier alpha value is -1.06. The lowest BCUT2D eigenvalue weighted by molar-refractivity contribution is -0.154. The highest BCUT2D eigenvalue weighted by molar-refractivity contribution is 7.47. The SMILES string of the molecule is CCCCC/C=C\C/C=C\CCCCCCCCCCCCOCC(COP(=O)(O)OCC(O)CO)OC(=O)CCCCCCCCCCCCCCCCC. The van der Waals surface area contributed by atoms with Crippen LogP contribution in [0.4, 0.5) is 0 Å². The molecule has 0 saturated carbocycles. The van der Waals surface area contributed by atoms with Crippen molar-refractivity contribution in [3.05, 3.63) is 24.3 Å². The summed E-state index contributed by atoms with van der Waals surface area (Å²) in [5.74, 6) is -0.380. The summed E-state index contributed by atoms with van der Waals surface area (Å²) >= 11 is 0. The highest BCUT2D eigenvalue weighted by Crippen LogP contribution is 2.43. The molecule has 0 aromatic heterocycles. The predicted molar refractivity (Wildman–Crippen MR) is 233 cm³/mol. The van der Waals surface area contributed by atoms with Crippen molar-refractivity contribution >= 4 is 13.8 Å². The largest absolute Gasteiger partial charge is 0.472 e. The molecule has 332 valence electrons. The number of carbonyl (C=O) groups excluding carboxylic acids is 1. The molecule has 3 N–H and O–H groups in total. The second kappa shape index (κ2) is 43.5. The van der Waals surface area contributed by atoms with Crippen LogP contribution in [0.1, 0.15) is 219 Å². The van der Waals surface area contributed by atoms with Crippen LogP contribution in [0, 0.1) is 0 Å². The molecule has 0 spiro atoms. The molecular formula is C46H89O9P. The summed E-state index contributed by atoms with van der Waals surface area (Å²) < 4.78 is 33.4. The molecule has 0 aliphatic carbocycles. The molecule has 0 amide bonds. The van der Waals surface area contributed by atoms with E-state index in [1.54, 1.807) is 0 Å². The number of esters is 1. The zero-order valence-corrected chi connectivity index (χ0v) is 37.3. The summed E-state index contributed by atoms with van der Waals surface area (Å²) in [5, 5.41) is 18.4. The van der Waals surface area contributed by atoms with Crippen LogP contribution < -0.4 is 0 Å². The molecule has 3 atom stereocenters. The summed E-state index contributed by atoms with van der Waals surface area (Å²) in [5.41, 5.74) is 0. The molecule has 3 unspecified atom stereocenters. The van der Waals surface area contributed by atoms with Gasteiger partial charge in [0.2, 0.25) is 0 Å². The molecule has 0 aromatic rings. The number of ether oxygens (including phenoxy) is 2. The maximum atomic E-state index is 12.6. The van der Waals surface area contributed by atoms with E-state index in [-0.39, 0.29) is 25.6 Å². The van der Waals surface area contributed by atoms with Crippen molar-refractivity contribution in [1.82, 2.24) is 0 Å². The molecule has 0 radical (unpaired) electrons. The highest BCUT2D eigenvalue weighted by Gasteiger charge is 2.26. The van der Waals surface area contributed by atoms with Crippen LogP contribution in [0.3, 0.4) is 0 Å². The normalized spacial score (nSPS) is 14.2. The fourth-order valence-electron chi connectivity index (χ4n) is 6.56. The first-order valence-electron chi connectivity index (χ1n) is 23.3. The van der Waals surface area contributed by atoms with E-state index in [2.05, 4.69) is 38.2 Å². The van der Waals surface area contributed by atoms with Crippen molar-refractivity contribution in [2.24, 2.45) is 0 Å². The van der Waals surface area contributed by atoms with Crippen molar-refractivity contribution in [2.75, 3.05) is 33.0 Å². The molecule has 0 saturated heterocycles. The number of rotatable bonds is 45. The minimum absolute atomic E-state index is 0.0514. The van der Waals surface area contributed by atoms with Gasteiger partial charge in [-0.2, -0.15) is 0 Å².